The zero-order chi connectivity index (χ0) is 15.3. The molecule has 0 aliphatic carbocycles. The third kappa shape index (κ3) is 1.86. The fourth-order valence-electron chi connectivity index (χ4n) is 3.00. The van der Waals surface area contributed by atoms with Crippen molar-refractivity contribution in [1.82, 2.24) is 10.3 Å². The van der Waals surface area contributed by atoms with Gasteiger partial charge in [0.25, 0.3) is 0 Å². The van der Waals surface area contributed by atoms with Gasteiger partial charge in [-0.15, -0.1) is 5.92 Å². The molecule has 1 N–H and O–H groups in total. The van der Waals surface area contributed by atoms with Crippen molar-refractivity contribution in [2.75, 3.05) is 11.5 Å². The molecule has 0 radical (unpaired) electrons. The summed E-state index contributed by atoms with van der Waals surface area (Å²) in [7, 11) is 0. The number of ether oxygens (including phenoxy) is 1. The smallest absolute Gasteiger partial charge is 0.325 e. The monoisotopic (exact) mass is 313 g/mol. The summed E-state index contributed by atoms with van der Waals surface area (Å²) in [5.41, 5.74) is 2.09. The van der Waals surface area contributed by atoms with Crippen LogP contribution in [-0.2, 0) is 6.42 Å². The molecule has 3 heterocycles. The highest BCUT2D eigenvalue weighted by atomic mass is 32.1. The second-order valence-electron chi connectivity index (χ2n) is 5.43. The number of carbonyl (C=O) groups is 1. The number of nitrogens with zero attached hydrogens (tertiary/aromatic N) is 2. The van der Waals surface area contributed by atoms with Crippen LogP contribution in [0, 0.1) is 11.8 Å². The first-order chi connectivity index (χ1) is 10.7. The molecule has 6 heteroatoms. The van der Waals surface area contributed by atoms with Crippen molar-refractivity contribution in [2.45, 2.75) is 32.4 Å². The molecule has 4 rings (SSSR count). The Kier molecular flexibility index (Phi) is 2.98. The average Bonchev–Trinajstić information content (AvgIpc) is 3.16. The van der Waals surface area contributed by atoms with Crippen LogP contribution in [0.3, 0.4) is 0 Å². The largest absolute Gasteiger partial charge is 0.493 e. The first-order valence-corrected chi connectivity index (χ1v) is 8.08. The van der Waals surface area contributed by atoms with Crippen molar-refractivity contribution in [3.63, 3.8) is 0 Å². The number of nitrogens with one attached hydrogen (secondary N) is 1. The molecular formula is C16H15N3O2S. The predicted octanol–water partition coefficient (Wildman–Crippen LogP) is 2.54. The summed E-state index contributed by atoms with van der Waals surface area (Å²) in [5, 5.41) is 3.62. The lowest BCUT2D eigenvalue weighted by Crippen LogP contribution is -2.34. The lowest BCUT2D eigenvalue weighted by molar-refractivity contribution is 0.251. The van der Waals surface area contributed by atoms with E-state index >= 15 is 0 Å². The van der Waals surface area contributed by atoms with E-state index in [9.17, 15) is 4.79 Å². The molecule has 1 saturated heterocycles. The van der Waals surface area contributed by atoms with Gasteiger partial charge in [0.15, 0.2) is 5.13 Å². The van der Waals surface area contributed by atoms with Crippen molar-refractivity contribution in [3.05, 3.63) is 17.7 Å². The van der Waals surface area contributed by atoms with Gasteiger partial charge in [0, 0.05) is 12.0 Å². The van der Waals surface area contributed by atoms with Crippen molar-refractivity contribution in [2.24, 2.45) is 0 Å². The van der Waals surface area contributed by atoms with Crippen LogP contribution in [0.5, 0.6) is 5.75 Å². The van der Waals surface area contributed by atoms with E-state index in [1.54, 1.807) is 11.8 Å². The molecule has 2 aliphatic rings. The van der Waals surface area contributed by atoms with Gasteiger partial charge in [0.2, 0.25) is 0 Å². The van der Waals surface area contributed by atoms with E-state index in [0.29, 0.717) is 11.7 Å². The standard InChI is InChI=1S/C16H15N3O2S/c1-3-4-11-9(2)17-15(20)19(11)16-18-14-10-7-8-21-12(10)5-6-13(14)22-16/h5-6,9,11H,7-8H2,1-2H3,(H,17,20). The Hall–Kier alpha value is -2.26. The predicted molar refractivity (Wildman–Crippen MR) is 86.5 cm³/mol. The maximum atomic E-state index is 12.3. The Morgan fingerprint density at radius 3 is 3.18 bits per heavy atom. The van der Waals surface area contributed by atoms with Crippen LogP contribution in [0.15, 0.2) is 12.1 Å². The third-order valence-electron chi connectivity index (χ3n) is 4.04. The molecule has 2 aromatic rings. The van der Waals surface area contributed by atoms with E-state index in [-0.39, 0.29) is 18.1 Å². The molecule has 5 nitrogen and oxygen atoms in total. The van der Waals surface area contributed by atoms with Crippen LogP contribution in [0.2, 0.25) is 0 Å². The van der Waals surface area contributed by atoms with Gasteiger partial charge in [0.05, 0.1) is 22.9 Å². The minimum Gasteiger partial charge on any atom is -0.493 e. The van der Waals surface area contributed by atoms with Crippen LogP contribution in [-0.4, -0.2) is 29.7 Å². The molecule has 0 saturated carbocycles. The van der Waals surface area contributed by atoms with Gasteiger partial charge in [0.1, 0.15) is 11.8 Å². The van der Waals surface area contributed by atoms with E-state index in [4.69, 9.17) is 9.72 Å². The van der Waals surface area contributed by atoms with E-state index in [2.05, 4.69) is 17.2 Å². The number of amides is 2. The molecule has 1 aromatic carbocycles. The van der Waals surface area contributed by atoms with Crippen LogP contribution >= 0.6 is 11.3 Å². The molecule has 2 aliphatic heterocycles. The lowest BCUT2D eigenvalue weighted by Gasteiger charge is -2.17. The third-order valence-corrected chi connectivity index (χ3v) is 5.06. The molecule has 112 valence electrons. The Balaban J connectivity index is 1.83. The topological polar surface area (TPSA) is 54.5 Å². The normalized spacial score (nSPS) is 23.0. The first kappa shape index (κ1) is 13.4. The SMILES string of the molecule is CC#CC1C(C)NC(=O)N1c1nc2c3c(ccc2s1)OCC3. The van der Waals surface area contributed by atoms with Crippen LogP contribution in [0.4, 0.5) is 9.93 Å². The second kappa shape index (κ2) is 4.89. The Morgan fingerprint density at radius 2 is 2.36 bits per heavy atom. The number of thiazole rings is 1. The highest BCUT2D eigenvalue weighted by Crippen LogP contribution is 2.38. The van der Waals surface area contributed by atoms with Crippen molar-refractivity contribution >= 4 is 32.7 Å². The first-order valence-electron chi connectivity index (χ1n) is 7.26. The van der Waals surface area contributed by atoms with Crippen molar-refractivity contribution in [1.29, 1.82) is 0 Å². The maximum absolute atomic E-state index is 12.3. The molecule has 2 atom stereocenters. The number of rotatable bonds is 1. The molecule has 1 aromatic heterocycles. The lowest BCUT2D eigenvalue weighted by atomic mass is 10.1. The number of fused-ring (bicyclic) bond motifs is 3. The van der Waals surface area contributed by atoms with Gasteiger partial charge in [-0.3, -0.25) is 4.90 Å². The second-order valence-corrected chi connectivity index (χ2v) is 6.44. The van der Waals surface area contributed by atoms with E-state index < -0.39 is 0 Å². The quantitative estimate of drug-likeness (QED) is 0.823. The highest BCUT2D eigenvalue weighted by Gasteiger charge is 2.38. The Labute approximate surface area is 132 Å². The molecule has 2 amide bonds. The number of carbonyl (C=O) groups excluding carboxylic acids is 1. The van der Waals surface area contributed by atoms with Crippen LogP contribution in [0.25, 0.3) is 10.2 Å². The van der Waals surface area contributed by atoms with Gasteiger partial charge in [-0.25, -0.2) is 9.78 Å². The summed E-state index contributed by atoms with van der Waals surface area (Å²) in [5.74, 6) is 6.92. The van der Waals surface area contributed by atoms with E-state index in [0.717, 1.165) is 28.0 Å². The number of benzene rings is 1. The number of anilines is 1. The minimum atomic E-state index is -0.178. The highest BCUT2D eigenvalue weighted by molar-refractivity contribution is 7.22. The summed E-state index contributed by atoms with van der Waals surface area (Å²) in [6, 6.07) is 3.68. The average molecular weight is 313 g/mol. The van der Waals surface area contributed by atoms with E-state index in [1.165, 1.54) is 11.3 Å². The number of hydrogen-bond donors (Lipinski definition) is 1. The fourth-order valence-corrected chi connectivity index (χ4v) is 4.03. The van der Waals surface area contributed by atoms with Crippen LogP contribution < -0.4 is 15.0 Å². The summed E-state index contributed by atoms with van der Waals surface area (Å²) in [4.78, 5) is 18.7. The molecule has 1 fully saturated rings. The number of hydrogen-bond acceptors (Lipinski definition) is 4. The fraction of sp³-hybridized carbons (Fsp3) is 0.375. The van der Waals surface area contributed by atoms with Crippen LogP contribution in [0.1, 0.15) is 19.4 Å². The van der Waals surface area contributed by atoms with Crippen molar-refractivity contribution < 1.29 is 9.53 Å². The van der Waals surface area contributed by atoms with Gasteiger partial charge < -0.3 is 10.1 Å². The van der Waals surface area contributed by atoms with Gasteiger partial charge in [-0.05, 0) is 26.0 Å². The van der Waals surface area contributed by atoms with E-state index in [1.807, 2.05) is 19.1 Å². The Bertz CT molecular complexity index is 833. The zero-order valence-corrected chi connectivity index (χ0v) is 13.2. The zero-order valence-electron chi connectivity index (χ0n) is 12.3. The molecule has 0 spiro atoms. The maximum Gasteiger partial charge on any atom is 0.325 e. The minimum absolute atomic E-state index is 0.0130. The molecule has 22 heavy (non-hydrogen) atoms. The summed E-state index contributed by atoms with van der Waals surface area (Å²) < 4.78 is 6.67. The molecule has 0 bridgehead atoms. The summed E-state index contributed by atoms with van der Waals surface area (Å²) in [6.45, 7) is 4.45. The van der Waals surface area contributed by atoms with Gasteiger partial charge in [-0.1, -0.05) is 17.3 Å². The number of aromatic nitrogens is 1. The molecule has 2 unspecified atom stereocenters. The van der Waals surface area contributed by atoms with Crippen molar-refractivity contribution in [3.8, 4) is 17.6 Å². The summed E-state index contributed by atoms with van der Waals surface area (Å²) >= 11 is 1.53. The molecular weight excluding hydrogens is 298 g/mol. The van der Waals surface area contributed by atoms with Gasteiger partial charge in [-0.2, -0.15) is 0 Å². The van der Waals surface area contributed by atoms with Gasteiger partial charge >= 0.3 is 6.03 Å². The summed E-state index contributed by atoms with van der Waals surface area (Å²) in [6.07, 6.45) is 0.872. The Morgan fingerprint density at radius 1 is 1.50 bits per heavy atom. The number of urea groups is 1.